The quantitative estimate of drug-likeness (QED) is 0.748. The van der Waals surface area contributed by atoms with Crippen LogP contribution in [0.15, 0.2) is 6.07 Å². The van der Waals surface area contributed by atoms with Crippen LogP contribution in [0.3, 0.4) is 0 Å². The van der Waals surface area contributed by atoms with Crippen LogP contribution in [0.25, 0.3) is 0 Å². The highest BCUT2D eigenvalue weighted by molar-refractivity contribution is 5.38. The van der Waals surface area contributed by atoms with Gasteiger partial charge in [-0.1, -0.05) is 13.8 Å². The number of anilines is 1. The predicted octanol–water partition coefficient (Wildman–Crippen LogP) is 3.14. The maximum absolute atomic E-state index is 12.8. The zero-order valence-corrected chi connectivity index (χ0v) is 11.3. The van der Waals surface area contributed by atoms with E-state index in [0.29, 0.717) is 24.6 Å². The Kier molecular flexibility index (Phi) is 5.97. The van der Waals surface area contributed by atoms with Gasteiger partial charge in [-0.15, -0.1) is 0 Å². The Hall–Kier alpha value is -1.60. The molecule has 0 spiro atoms. The van der Waals surface area contributed by atoms with Gasteiger partial charge in [0.15, 0.2) is 6.61 Å². The fourth-order valence-corrected chi connectivity index (χ4v) is 1.28. The van der Waals surface area contributed by atoms with E-state index in [1.807, 2.05) is 6.92 Å². The maximum atomic E-state index is 12.8. The number of hydrogen-bond donors (Lipinski definition) is 1. The van der Waals surface area contributed by atoms with Gasteiger partial charge in [-0.25, -0.2) is 13.8 Å². The van der Waals surface area contributed by atoms with Crippen LogP contribution in [0.1, 0.15) is 26.1 Å². The highest BCUT2D eigenvalue weighted by Crippen LogP contribution is 2.24. The molecule has 4 nitrogen and oxygen atoms in total. The minimum absolute atomic E-state index is 0.143. The highest BCUT2D eigenvalue weighted by atomic mass is 19.3. The number of ether oxygens (including phenoxy) is 1. The summed E-state index contributed by atoms with van der Waals surface area (Å²) < 4.78 is 54.3. The first-order chi connectivity index (χ1) is 9.39. The molecule has 0 bridgehead atoms. The van der Waals surface area contributed by atoms with Crippen molar-refractivity contribution in [3.63, 3.8) is 0 Å². The first-order valence-electron chi connectivity index (χ1n) is 6.29. The van der Waals surface area contributed by atoms with Gasteiger partial charge < -0.3 is 10.1 Å². The third kappa shape index (κ3) is 4.82. The Balaban J connectivity index is 2.78. The Labute approximate surface area is 114 Å². The lowest BCUT2D eigenvalue weighted by Gasteiger charge is -2.16. The topological polar surface area (TPSA) is 47.0 Å². The lowest BCUT2D eigenvalue weighted by atomic mass is 10.4. The molecular formula is C12H17F4N3O. The van der Waals surface area contributed by atoms with Crippen LogP contribution in [-0.2, 0) is 6.42 Å². The van der Waals surface area contributed by atoms with Crippen molar-refractivity contribution >= 4 is 5.82 Å². The number of hydrogen-bond acceptors (Lipinski definition) is 4. The van der Waals surface area contributed by atoms with Crippen molar-refractivity contribution < 1.29 is 22.3 Å². The van der Waals surface area contributed by atoms with Crippen molar-refractivity contribution in [2.45, 2.75) is 39.0 Å². The molecule has 0 aliphatic heterocycles. The van der Waals surface area contributed by atoms with Gasteiger partial charge >= 0.3 is 12.3 Å². The second-order valence-electron chi connectivity index (χ2n) is 4.14. The summed E-state index contributed by atoms with van der Waals surface area (Å²) in [6.45, 7) is 2.97. The number of rotatable bonds is 8. The summed E-state index contributed by atoms with van der Waals surface area (Å²) >= 11 is 0. The molecule has 0 aliphatic rings. The summed E-state index contributed by atoms with van der Waals surface area (Å²) in [5.74, 6) is -3.53. The lowest BCUT2D eigenvalue weighted by molar-refractivity contribution is -0.148. The van der Waals surface area contributed by atoms with Gasteiger partial charge in [0.1, 0.15) is 11.6 Å². The normalized spacial score (nSPS) is 11.8. The Morgan fingerprint density at radius 1 is 1.30 bits per heavy atom. The van der Waals surface area contributed by atoms with E-state index >= 15 is 0 Å². The summed E-state index contributed by atoms with van der Waals surface area (Å²) in [6, 6.07) is 1.32. The van der Waals surface area contributed by atoms with Crippen molar-refractivity contribution in [1.29, 1.82) is 0 Å². The third-order valence-corrected chi connectivity index (χ3v) is 2.35. The van der Waals surface area contributed by atoms with Gasteiger partial charge in [0.25, 0.3) is 0 Å². The molecule has 0 aromatic carbocycles. The average Bonchev–Trinajstić information content (AvgIpc) is 2.42. The molecule has 114 valence electrons. The second kappa shape index (κ2) is 7.25. The minimum Gasteiger partial charge on any atom is -0.471 e. The molecule has 0 saturated carbocycles. The van der Waals surface area contributed by atoms with Gasteiger partial charge in [-0.2, -0.15) is 13.8 Å². The van der Waals surface area contributed by atoms with Crippen molar-refractivity contribution in [2.75, 3.05) is 18.5 Å². The van der Waals surface area contributed by atoms with Crippen molar-refractivity contribution in [3.8, 4) is 5.88 Å². The van der Waals surface area contributed by atoms with E-state index in [1.54, 1.807) is 6.92 Å². The first kappa shape index (κ1) is 16.5. The Bertz CT molecular complexity index is 429. The monoisotopic (exact) mass is 295 g/mol. The van der Waals surface area contributed by atoms with E-state index in [0.717, 1.165) is 6.42 Å². The Morgan fingerprint density at radius 2 is 2.00 bits per heavy atom. The van der Waals surface area contributed by atoms with Gasteiger partial charge in [0.2, 0.25) is 5.88 Å². The minimum atomic E-state index is -4.20. The fraction of sp³-hybridized carbons (Fsp3) is 0.667. The van der Waals surface area contributed by atoms with Crippen LogP contribution >= 0.6 is 0 Å². The van der Waals surface area contributed by atoms with Crippen LogP contribution in [0.4, 0.5) is 23.4 Å². The van der Waals surface area contributed by atoms with Crippen LogP contribution < -0.4 is 10.1 Å². The van der Waals surface area contributed by atoms with Crippen molar-refractivity contribution in [1.82, 2.24) is 9.97 Å². The molecule has 1 N–H and O–H groups in total. The van der Waals surface area contributed by atoms with Gasteiger partial charge in [-0.3, -0.25) is 0 Å². The van der Waals surface area contributed by atoms with Crippen LogP contribution in [0.2, 0.25) is 0 Å². The summed E-state index contributed by atoms with van der Waals surface area (Å²) in [4.78, 5) is 8.00. The van der Waals surface area contributed by atoms with Gasteiger partial charge in [-0.05, 0) is 6.42 Å². The predicted molar refractivity (Wildman–Crippen MR) is 66.6 cm³/mol. The largest absolute Gasteiger partial charge is 0.471 e. The average molecular weight is 295 g/mol. The molecule has 1 aromatic rings. The molecule has 1 heterocycles. The zero-order valence-electron chi connectivity index (χ0n) is 11.3. The lowest BCUT2D eigenvalue weighted by Crippen LogP contribution is -2.34. The molecule has 0 aliphatic carbocycles. The second-order valence-corrected chi connectivity index (χ2v) is 4.14. The molecule has 0 saturated heterocycles. The molecule has 1 aromatic heterocycles. The Morgan fingerprint density at radius 3 is 2.55 bits per heavy atom. The van der Waals surface area contributed by atoms with Crippen molar-refractivity contribution in [3.05, 3.63) is 11.9 Å². The van der Waals surface area contributed by atoms with E-state index in [2.05, 4.69) is 20.0 Å². The maximum Gasteiger partial charge on any atom is 0.340 e. The van der Waals surface area contributed by atoms with E-state index in [9.17, 15) is 17.6 Å². The molecule has 8 heteroatoms. The molecule has 0 radical (unpaired) electrons. The molecule has 0 atom stereocenters. The molecule has 1 rings (SSSR count). The first-order valence-corrected chi connectivity index (χ1v) is 6.29. The van der Waals surface area contributed by atoms with E-state index in [1.165, 1.54) is 6.07 Å². The molecule has 20 heavy (non-hydrogen) atoms. The van der Waals surface area contributed by atoms with Gasteiger partial charge in [0.05, 0.1) is 0 Å². The summed E-state index contributed by atoms with van der Waals surface area (Å²) in [5.41, 5.74) is 0. The van der Waals surface area contributed by atoms with Crippen molar-refractivity contribution in [2.24, 2.45) is 0 Å². The summed E-state index contributed by atoms with van der Waals surface area (Å²) in [5, 5.41) is 2.96. The van der Waals surface area contributed by atoms with Crippen LogP contribution in [0, 0.1) is 0 Å². The number of nitrogens with zero attached hydrogens (tertiary/aromatic N) is 2. The van der Waals surface area contributed by atoms with E-state index < -0.39 is 19.0 Å². The van der Waals surface area contributed by atoms with E-state index in [4.69, 9.17) is 0 Å². The van der Waals surface area contributed by atoms with Crippen LogP contribution in [-0.4, -0.2) is 35.5 Å². The number of nitrogens with one attached hydrogen (secondary N) is 1. The number of aromatic nitrogens is 2. The SMILES string of the molecule is CCCNc1cc(OCC(F)(F)C(F)F)nc(CC)n1. The molecule has 0 unspecified atom stereocenters. The summed E-state index contributed by atoms with van der Waals surface area (Å²) in [6.07, 6.45) is -2.44. The number of aryl methyl sites for hydroxylation is 1. The third-order valence-electron chi connectivity index (χ3n) is 2.35. The summed E-state index contributed by atoms with van der Waals surface area (Å²) in [7, 11) is 0. The molecule has 0 amide bonds. The number of alkyl halides is 4. The molecule has 0 fully saturated rings. The smallest absolute Gasteiger partial charge is 0.340 e. The standard InChI is InChI=1S/C12H17F4N3O/c1-3-5-17-9-6-10(19-8(4-2)18-9)20-7-12(15,16)11(13)14/h6,11H,3-5,7H2,1-2H3,(H,17,18,19). The van der Waals surface area contributed by atoms with Gasteiger partial charge in [0, 0.05) is 19.0 Å². The van der Waals surface area contributed by atoms with Crippen LogP contribution in [0.5, 0.6) is 5.88 Å². The van der Waals surface area contributed by atoms with E-state index in [-0.39, 0.29) is 5.88 Å². The highest BCUT2D eigenvalue weighted by Gasteiger charge is 2.41. The number of halogens is 4. The zero-order chi connectivity index (χ0) is 15.2. The molecular weight excluding hydrogens is 278 g/mol. The fourth-order valence-electron chi connectivity index (χ4n) is 1.28.